The van der Waals surface area contributed by atoms with Crippen LogP contribution < -0.4 is 9.88 Å². The maximum Gasteiger partial charge on any atom is 0.253 e. The molecule has 2 unspecified atom stereocenters. The SMILES string of the molecule is Cc1nc2ccccc2n1C1CC2CCC(C1)N2CCC1(c2cccc(F)c2)CCN(C(=O)c2ccc(OCCCl)c(S(N)(=O)=O)c2)CC1. The van der Waals surface area contributed by atoms with Crippen molar-refractivity contribution in [3.63, 3.8) is 0 Å². The Labute approximate surface area is 292 Å². The molecule has 2 bridgehead atoms. The maximum absolute atomic E-state index is 14.7. The molecule has 1 aromatic heterocycles. The van der Waals surface area contributed by atoms with Gasteiger partial charge in [-0.15, -0.1) is 11.6 Å². The van der Waals surface area contributed by atoms with Gasteiger partial charge < -0.3 is 14.2 Å². The van der Waals surface area contributed by atoms with Crippen molar-refractivity contribution in [3.8, 4) is 5.75 Å². The molecule has 4 aromatic rings. The van der Waals surface area contributed by atoms with Gasteiger partial charge in [0.15, 0.2) is 0 Å². The summed E-state index contributed by atoms with van der Waals surface area (Å²) in [6.07, 6.45) is 6.74. The third kappa shape index (κ3) is 6.70. The van der Waals surface area contributed by atoms with Gasteiger partial charge in [0.25, 0.3) is 5.91 Å². The van der Waals surface area contributed by atoms with Gasteiger partial charge in [0.1, 0.15) is 28.9 Å². The van der Waals surface area contributed by atoms with Crippen LogP contribution in [0.1, 0.15) is 72.7 Å². The second kappa shape index (κ2) is 13.7. The number of likely N-dealkylation sites (tertiary alicyclic amines) is 1. The van der Waals surface area contributed by atoms with E-state index in [0.29, 0.717) is 44.1 Å². The van der Waals surface area contributed by atoms with Crippen LogP contribution in [0.3, 0.4) is 0 Å². The van der Waals surface area contributed by atoms with E-state index in [1.807, 2.05) is 12.1 Å². The molecule has 2 N–H and O–H groups in total. The molecule has 3 fully saturated rings. The Kier molecular flexibility index (Phi) is 9.47. The number of amides is 1. The van der Waals surface area contributed by atoms with Crippen molar-refractivity contribution in [1.29, 1.82) is 0 Å². The number of alkyl halides is 1. The summed E-state index contributed by atoms with van der Waals surface area (Å²) in [5.74, 6) is 0.778. The van der Waals surface area contributed by atoms with Crippen molar-refractivity contribution >= 4 is 38.6 Å². The second-order valence-electron chi connectivity index (χ2n) is 13.8. The van der Waals surface area contributed by atoms with E-state index in [9.17, 15) is 17.6 Å². The highest BCUT2D eigenvalue weighted by Crippen LogP contribution is 2.45. The summed E-state index contributed by atoms with van der Waals surface area (Å²) in [6, 6.07) is 21.0. The fraction of sp³-hybridized carbons (Fsp3) is 0.459. The highest BCUT2D eigenvalue weighted by molar-refractivity contribution is 7.89. The number of hydrogen-bond donors (Lipinski definition) is 1. The van der Waals surface area contributed by atoms with Crippen molar-refractivity contribution < 1.29 is 22.3 Å². The zero-order chi connectivity index (χ0) is 34.3. The quantitative estimate of drug-likeness (QED) is 0.197. The third-order valence-electron chi connectivity index (χ3n) is 11.1. The monoisotopic (exact) mass is 707 g/mol. The van der Waals surface area contributed by atoms with E-state index in [1.165, 1.54) is 36.6 Å². The highest BCUT2D eigenvalue weighted by Gasteiger charge is 2.44. The molecule has 12 heteroatoms. The molecule has 0 spiro atoms. The molecule has 9 nitrogen and oxygen atoms in total. The molecule has 0 saturated carbocycles. The van der Waals surface area contributed by atoms with E-state index in [0.717, 1.165) is 42.7 Å². The predicted octanol–water partition coefficient (Wildman–Crippen LogP) is 6.18. The van der Waals surface area contributed by atoms with E-state index >= 15 is 0 Å². The Morgan fingerprint density at radius 3 is 2.45 bits per heavy atom. The molecule has 4 heterocycles. The number of benzene rings is 3. The van der Waals surface area contributed by atoms with Crippen LogP contribution in [-0.4, -0.2) is 77.9 Å². The smallest absolute Gasteiger partial charge is 0.253 e. The fourth-order valence-electron chi connectivity index (χ4n) is 8.74. The van der Waals surface area contributed by atoms with Gasteiger partial charge in [-0.1, -0.05) is 24.3 Å². The number of nitrogens with zero attached hydrogens (tertiary/aromatic N) is 4. The van der Waals surface area contributed by atoms with Crippen LogP contribution in [0.2, 0.25) is 0 Å². The number of hydrogen-bond acceptors (Lipinski definition) is 6. The third-order valence-corrected chi connectivity index (χ3v) is 12.2. The molecule has 49 heavy (non-hydrogen) atoms. The first kappa shape index (κ1) is 34.0. The number of imidazole rings is 1. The lowest BCUT2D eigenvalue weighted by Gasteiger charge is -2.45. The minimum atomic E-state index is -4.14. The minimum absolute atomic E-state index is 0.0648. The molecular formula is C37H43ClFN5O4S. The van der Waals surface area contributed by atoms with Crippen molar-refractivity contribution in [1.82, 2.24) is 19.4 Å². The molecule has 3 aromatic carbocycles. The van der Waals surface area contributed by atoms with Gasteiger partial charge in [-0.05, 0) is 112 Å². The summed E-state index contributed by atoms with van der Waals surface area (Å²) in [7, 11) is -4.14. The van der Waals surface area contributed by atoms with Crippen LogP contribution in [0.5, 0.6) is 5.75 Å². The molecule has 260 valence electrons. The van der Waals surface area contributed by atoms with Crippen LogP contribution >= 0.6 is 11.6 Å². The van der Waals surface area contributed by atoms with Crippen molar-refractivity contribution in [2.75, 3.05) is 32.1 Å². The van der Waals surface area contributed by atoms with Gasteiger partial charge >= 0.3 is 0 Å². The van der Waals surface area contributed by atoms with Crippen LogP contribution in [0.15, 0.2) is 71.6 Å². The van der Waals surface area contributed by atoms with E-state index in [1.54, 1.807) is 23.1 Å². The highest BCUT2D eigenvalue weighted by atomic mass is 35.5. The van der Waals surface area contributed by atoms with E-state index in [4.69, 9.17) is 26.5 Å². The Morgan fingerprint density at radius 2 is 1.76 bits per heavy atom. The summed E-state index contributed by atoms with van der Waals surface area (Å²) in [6.45, 7) is 4.06. The fourth-order valence-corrected chi connectivity index (χ4v) is 9.52. The number of halogens is 2. The van der Waals surface area contributed by atoms with Crippen LogP contribution in [0, 0.1) is 12.7 Å². The van der Waals surface area contributed by atoms with Gasteiger partial charge in [-0.3, -0.25) is 9.69 Å². The number of nitrogens with two attached hydrogens (primary N) is 1. The summed E-state index contributed by atoms with van der Waals surface area (Å²) in [4.78, 5) is 22.7. The zero-order valence-electron chi connectivity index (χ0n) is 27.7. The second-order valence-corrected chi connectivity index (χ2v) is 15.8. The molecule has 2 atom stereocenters. The number of ether oxygens (including phenoxy) is 1. The molecule has 0 radical (unpaired) electrons. The minimum Gasteiger partial charge on any atom is -0.491 e. The van der Waals surface area contributed by atoms with Gasteiger partial charge in [0, 0.05) is 36.8 Å². The number of carbonyl (C=O) groups excluding carboxylic acids is 1. The van der Waals surface area contributed by atoms with E-state index < -0.39 is 10.0 Å². The molecular weight excluding hydrogens is 665 g/mol. The lowest BCUT2D eigenvalue weighted by atomic mass is 9.70. The number of aromatic nitrogens is 2. The van der Waals surface area contributed by atoms with Gasteiger partial charge in [0.2, 0.25) is 10.0 Å². The van der Waals surface area contributed by atoms with Crippen molar-refractivity contribution in [3.05, 3.63) is 89.5 Å². The van der Waals surface area contributed by atoms with E-state index in [2.05, 4.69) is 34.6 Å². The first-order valence-electron chi connectivity index (χ1n) is 17.2. The van der Waals surface area contributed by atoms with Crippen molar-refractivity contribution in [2.24, 2.45) is 5.14 Å². The van der Waals surface area contributed by atoms with Crippen LogP contribution in [0.4, 0.5) is 4.39 Å². The molecule has 3 aliphatic rings. The normalized spacial score (nSPS) is 22.4. The lowest BCUT2D eigenvalue weighted by Crippen LogP contribution is -2.49. The summed E-state index contributed by atoms with van der Waals surface area (Å²) >= 11 is 5.72. The summed E-state index contributed by atoms with van der Waals surface area (Å²) < 4.78 is 47.2. The number of aryl methyl sites for hydroxylation is 1. The average Bonchev–Trinajstić information content (AvgIpc) is 3.55. The standard InChI is InChI=1S/C37H43ClFN5O4S/c1-25-41-32-7-2-3-8-33(32)44(25)31-23-29-10-11-30(24-31)43(29)19-15-37(27-5-4-6-28(39)22-27)13-17-42(18-14-37)36(45)26-9-12-34(48-20-16-38)35(21-26)49(40,46)47/h2-9,12,21-22,29-31H,10-11,13-20,23-24H2,1H3,(H2,40,46,47). The number of rotatable bonds is 10. The number of piperidine rings is 2. The van der Waals surface area contributed by atoms with Crippen LogP contribution in [0.25, 0.3) is 11.0 Å². The Balaban J connectivity index is 1.07. The van der Waals surface area contributed by atoms with E-state index in [-0.39, 0.29) is 45.8 Å². The number of fused-ring (bicyclic) bond motifs is 3. The largest absolute Gasteiger partial charge is 0.491 e. The molecule has 0 aliphatic carbocycles. The molecule has 1 amide bonds. The van der Waals surface area contributed by atoms with Gasteiger partial charge in [-0.2, -0.15) is 0 Å². The number of primary sulfonamides is 1. The van der Waals surface area contributed by atoms with Crippen molar-refractivity contribution in [2.45, 2.75) is 80.3 Å². The lowest BCUT2D eigenvalue weighted by molar-refractivity contribution is 0.0606. The average molecular weight is 708 g/mol. The topological polar surface area (TPSA) is 111 Å². The Hall–Kier alpha value is -3.51. The first-order chi connectivity index (χ1) is 23.6. The first-order valence-corrected chi connectivity index (χ1v) is 19.2. The summed E-state index contributed by atoms with van der Waals surface area (Å²) in [5.41, 5.74) is 3.16. The number of sulfonamides is 1. The molecule has 7 rings (SSSR count). The maximum atomic E-state index is 14.7. The Morgan fingerprint density at radius 1 is 1.02 bits per heavy atom. The molecule has 3 saturated heterocycles. The van der Waals surface area contributed by atoms with Gasteiger partial charge in [-0.25, -0.2) is 22.9 Å². The number of para-hydroxylation sites is 2. The Bertz CT molecular complexity index is 1950. The molecule has 3 aliphatic heterocycles. The zero-order valence-corrected chi connectivity index (χ0v) is 29.3. The van der Waals surface area contributed by atoms with Crippen LogP contribution in [-0.2, 0) is 15.4 Å². The summed E-state index contributed by atoms with van der Waals surface area (Å²) in [5, 5.41) is 5.46. The van der Waals surface area contributed by atoms with Gasteiger partial charge in [0.05, 0.1) is 16.9 Å². The number of carbonyl (C=O) groups is 1. The predicted molar refractivity (Wildman–Crippen MR) is 188 cm³/mol.